The smallest absolute Gasteiger partial charge is 0.408 e. The van der Waals surface area contributed by atoms with Gasteiger partial charge in [0.2, 0.25) is 5.91 Å². The van der Waals surface area contributed by atoms with Crippen LogP contribution in [0.15, 0.2) is 91.0 Å². The van der Waals surface area contributed by atoms with Gasteiger partial charge in [-0.3, -0.25) is 14.4 Å². The fourth-order valence-electron chi connectivity index (χ4n) is 3.42. The summed E-state index contributed by atoms with van der Waals surface area (Å²) < 4.78 is 10.4. The highest BCUT2D eigenvalue weighted by atomic mass is 16.5. The predicted octanol–water partition coefficient (Wildman–Crippen LogP) is 3.73. The molecule has 0 saturated heterocycles. The van der Waals surface area contributed by atoms with Gasteiger partial charge in [-0.15, -0.1) is 0 Å². The lowest BCUT2D eigenvalue weighted by atomic mass is 10.1. The minimum atomic E-state index is -0.950. The van der Waals surface area contributed by atoms with Crippen molar-refractivity contribution >= 4 is 23.8 Å². The molecule has 1 unspecified atom stereocenters. The Kier molecular flexibility index (Phi) is 10.9. The van der Waals surface area contributed by atoms with Crippen molar-refractivity contribution in [3.8, 4) is 0 Å². The van der Waals surface area contributed by atoms with Crippen LogP contribution < -0.4 is 10.6 Å². The summed E-state index contributed by atoms with van der Waals surface area (Å²) in [6.07, 6.45) is -0.678. The molecule has 37 heavy (non-hydrogen) atoms. The molecule has 3 aromatic rings. The second-order valence-corrected chi connectivity index (χ2v) is 8.35. The summed E-state index contributed by atoms with van der Waals surface area (Å²) in [6, 6.07) is 26.7. The Labute approximate surface area is 216 Å². The molecular weight excluding hydrogens is 472 g/mol. The molecule has 2 amide bonds. The molecule has 0 spiro atoms. The predicted molar refractivity (Wildman–Crippen MR) is 137 cm³/mol. The van der Waals surface area contributed by atoms with Crippen molar-refractivity contribution in [2.75, 3.05) is 6.54 Å². The molecule has 0 radical (unpaired) electrons. The first-order valence-corrected chi connectivity index (χ1v) is 12.0. The molecule has 8 nitrogen and oxygen atoms in total. The zero-order valence-electron chi connectivity index (χ0n) is 20.4. The number of hydrogen-bond donors (Lipinski definition) is 2. The number of carbonyl (C=O) groups is 4. The molecule has 0 aliphatic heterocycles. The first-order chi connectivity index (χ1) is 18.0. The van der Waals surface area contributed by atoms with Crippen molar-refractivity contribution in [2.24, 2.45) is 0 Å². The number of nitrogens with one attached hydrogen (secondary N) is 2. The van der Waals surface area contributed by atoms with E-state index in [2.05, 4.69) is 10.6 Å². The van der Waals surface area contributed by atoms with Gasteiger partial charge in [-0.2, -0.15) is 0 Å². The minimum Gasteiger partial charge on any atom is -0.461 e. The summed E-state index contributed by atoms with van der Waals surface area (Å²) in [4.78, 5) is 49.4. The third-order valence-electron chi connectivity index (χ3n) is 5.41. The van der Waals surface area contributed by atoms with E-state index in [-0.39, 0.29) is 44.8 Å². The van der Waals surface area contributed by atoms with Crippen molar-refractivity contribution in [3.63, 3.8) is 0 Å². The molecule has 0 aliphatic rings. The van der Waals surface area contributed by atoms with Crippen LogP contribution in [0, 0.1) is 0 Å². The Morgan fingerprint density at radius 3 is 1.73 bits per heavy atom. The van der Waals surface area contributed by atoms with E-state index in [0.29, 0.717) is 0 Å². The quantitative estimate of drug-likeness (QED) is 0.345. The summed E-state index contributed by atoms with van der Waals surface area (Å²) in [5.41, 5.74) is 2.50. The number of carbonyl (C=O) groups excluding carboxylic acids is 4. The zero-order valence-corrected chi connectivity index (χ0v) is 20.4. The lowest BCUT2D eigenvalue weighted by Gasteiger charge is -2.18. The van der Waals surface area contributed by atoms with Crippen molar-refractivity contribution in [3.05, 3.63) is 108 Å². The average molecular weight is 503 g/mol. The number of esters is 1. The highest BCUT2D eigenvalue weighted by Crippen LogP contribution is 2.06. The monoisotopic (exact) mass is 502 g/mol. The Balaban J connectivity index is 1.45. The van der Waals surface area contributed by atoms with Crippen LogP contribution >= 0.6 is 0 Å². The van der Waals surface area contributed by atoms with Gasteiger partial charge < -0.3 is 20.1 Å². The van der Waals surface area contributed by atoms with E-state index in [1.807, 2.05) is 91.0 Å². The maximum atomic E-state index is 12.8. The van der Waals surface area contributed by atoms with Gasteiger partial charge in [0.15, 0.2) is 5.78 Å². The van der Waals surface area contributed by atoms with E-state index >= 15 is 0 Å². The molecule has 3 aromatic carbocycles. The van der Waals surface area contributed by atoms with Gasteiger partial charge in [-0.1, -0.05) is 91.0 Å². The SMILES string of the molecule is O=C(CCC(=O)OCc1ccccc1)CNC(=O)C(Cc1ccccc1)NC(=O)OCc1ccccc1. The summed E-state index contributed by atoms with van der Waals surface area (Å²) in [5.74, 6) is -1.34. The Morgan fingerprint density at radius 1 is 0.649 bits per heavy atom. The molecule has 0 fully saturated rings. The van der Waals surface area contributed by atoms with Gasteiger partial charge in [-0.25, -0.2) is 4.79 Å². The lowest BCUT2D eigenvalue weighted by Crippen LogP contribution is -2.49. The summed E-state index contributed by atoms with van der Waals surface area (Å²) in [7, 11) is 0. The third-order valence-corrected chi connectivity index (χ3v) is 5.41. The standard InChI is InChI=1S/C29H30N2O6/c32-25(16-17-27(33)36-20-23-12-6-2-7-13-23)19-30-28(34)26(18-22-10-4-1-5-11-22)31-29(35)37-21-24-14-8-3-9-15-24/h1-15,26H,16-21H2,(H,30,34)(H,31,35). The van der Waals surface area contributed by atoms with E-state index in [4.69, 9.17) is 9.47 Å². The van der Waals surface area contributed by atoms with Crippen LogP contribution in [0.25, 0.3) is 0 Å². The van der Waals surface area contributed by atoms with E-state index in [1.54, 1.807) is 0 Å². The zero-order chi connectivity index (χ0) is 26.3. The number of amides is 2. The summed E-state index contributed by atoms with van der Waals surface area (Å²) >= 11 is 0. The number of rotatable bonds is 13. The lowest BCUT2D eigenvalue weighted by molar-refractivity contribution is -0.146. The summed E-state index contributed by atoms with van der Waals surface area (Å²) in [5, 5.41) is 5.14. The normalized spacial score (nSPS) is 11.1. The molecule has 8 heteroatoms. The Bertz CT molecular complexity index is 1150. The average Bonchev–Trinajstić information content (AvgIpc) is 2.94. The molecule has 0 heterocycles. The highest BCUT2D eigenvalue weighted by Gasteiger charge is 2.22. The third kappa shape index (κ3) is 10.4. The van der Waals surface area contributed by atoms with Gasteiger partial charge in [0, 0.05) is 12.8 Å². The van der Waals surface area contributed by atoms with Crippen LogP contribution in [0.1, 0.15) is 29.5 Å². The van der Waals surface area contributed by atoms with Gasteiger partial charge in [0.25, 0.3) is 0 Å². The Hall–Kier alpha value is -4.46. The number of hydrogen-bond acceptors (Lipinski definition) is 6. The minimum absolute atomic E-state index is 0.0607. The van der Waals surface area contributed by atoms with Gasteiger partial charge in [-0.05, 0) is 16.7 Å². The van der Waals surface area contributed by atoms with E-state index in [9.17, 15) is 19.2 Å². The number of benzene rings is 3. The highest BCUT2D eigenvalue weighted by molar-refractivity contribution is 5.91. The largest absolute Gasteiger partial charge is 0.461 e. The van der Waals surface area contributed by atoms with Crippen molar-refractivity contribution in [1.82, 2.24) is 10.6 Å². The van der Waals surface area contributed by atoms with Crippen molar-refractivity contribution in [1.29, 1.82) is 0 Å². The fraction of sp³-hybridized carbons (Fsp3) is 0.241. The maximum absolute atomic E-state index is 12.8. The molecule has 192 valence electrons. The fourth-order valence-corrected chi connectivity index (χ4v) is 3.42. The van der Waals surface area contributed by atoms with Crippen LogP contribution in [0.4, 0.5) is 4.79 Å². The number of ketones is 1. The first-order valence-electron chi connectivity index (χ1n) is 12.0. The number of ether oxygens (including phenoxy) is 2. The van der Waals surface area contributed by atoms with E-state index in [0.717, 1.165) is 16.7 Å². The molecule has 0 aliphatic carbocycles. The second kappa shape index (κ2) is 14.8. The van der Waals surface area contributed by atoms with Crippen LogP contribution in [0.3, 0.4) is 0 Å². The van der Waals surface area contributed by atoms with E-state index < -0.39 is 24.0 Å². The van der Waals surface area contributed by atoms with Gasteiger partial charge in [0.1, 0.15) is 19.3 Å². The molecule has 3 rings (SSSR count). The first kappa shape index (κ1) is 27.1. The molecule has 2 N–H and O–H groups in total. The molecular formula is C29H30N2O6. The van der Waals surface area contributed by atoms with Crippen molar-refractivity contribution in [2.45, 2.75) is 38.5 Å². The van der Waals surface area contributed by atoms with E-state index in [1.165, 1.54) is 0 Å². The van der Waals surface area contributed by atoms with Gasteiger partial charge in [0.05, 0.1) is 13.0 Å². The van der Waals surface area contributed by atoms with Crippen LogP contribution in [-0.4, -0.2) is 36.3 Å². The molecule has 0 aromatic heterocycles. The Morgan fingerprint density at radius 2 is 1.16 bits per heavy atom. The van der Waals surface area contributed by atoms with Crippen LogP contribution in [0.5, 0.6) is 0 Å². The molecule has 0 bridgehead atoms. The summed E-state index contributed by atoms with van der Waals surface area (Å²) in [6.45, 7) is -0.0696. The van der Waals surface area contributed by atoms with Crippen molar-refractivity contribution < 1.29 is 28.7 Å². The number of alkyl carbamates (subject to hydrolysis) is 1. The number of Topliss-reactive ketones (excluding diaryl/α,β-unsaturated/α-hetero) is 1. The van der Waals surface area contributed by atoms with Crippen LogP contribution in [-0.2, 0) is 43.5 Å². The molecule has 1 atom stereocenters. The van der Waals surface area contributed by atoms with Gasteiger partial charge >= 0.3 is 12.1 Å². The maximum Gasteiger partial charge on any atom is 0.408 e. The molecule has 0 saturated carbocycles. The topological polar surface area (TPSA) is 111 Å². The van der Waals surface area contributed by atoms with Crippen LogP contribution in [0.2, 0.25) is 0 Å². The second-order valence-electron chi connectivity index (χ2n) is 8.35.